The van der Waals surface area contributed by atoms with Crippen LogP contribution in [0, 0.1) is 6.92 Å². The molecule has 1 unspecified atom stereocenters. The fourth-order valence-corrected chi connectivity index (χ4v) is 1.67. The summed E-state index contributed by atoms with van der Waals surface area (Å²) in [5.41, 5.74) is 2.48. The van der Waals surface area contributed by atoms with E-state index in [4.69, 9.17) is 0 Å². The van der Waals surface area contributed by atoms with Crippen molar-refractivity contribution in [3.8, 4) is 0 Å². The van der Waals surface area contributed by atoms with Crippen LogP contribution in [0.2, 0.25) is 0 Å². The maximum Gasteiger partial charge on any atom is 0.313 e. The summed E-state index contributed by atoms with van der Waals surface area (Å²) >= 11 is 0. The van der Waals surface area contributed by atoms with Crippen LogP contribution in [0.25, 0.3) is 0 Å². The highest BCUT2D eigenvalue weighted by atomic mass is 16.2. The molecule has 20 heavy (non-hydrogen) atoms. The first-order chi connectivity index (χ1) is 9.56. The van der Waals surface area contributed by atoms with E-state index in [1.54, 1.807) is 31.5 Å². The van der Waals surface area contributed by atoms with Crippen LogP contribution in [0.5, 0.6) is 0 Å². The van der Waals surface area contributed by atoms with Crippen molar-refractivity contribution in [2.45, 2.75) is 19.9 Å². The molecular weight excluding hydrogens is 256 g/mol. The third-order valence-corrected chi connectivity index (χ3v) is 2.88. The minimum absolute atomic E-state index is 0.287. The van der Waals surface area contributed by atoms with Crippen LogP contribution in [0.4, 0.5) is 5.69 Å². The molecule has 6 nitrogen and oxygen atoms in total. The van der Waals surface area contributed by atoms with Gasteiger partial charge in [-0.2, -0.15) is 5.10 Å². The fourth-order valence-electron chi connectivity index (χ4n) is 1.67. The molecule has 2 rings (SSSR count). The highest BCUT2D eigenvalue weighted by Gasteiger charge is 2.17. The normalized spacial score (nSPS) is 11.7. The highest BCUT2D eigenvalue weighted by Crippen LogP contribution is 2.10. The van der Waals surface area contributed by atoms with Crippen LogP contribution in [-0.2, 0) is 9.59 Å². The number of nitrogens with one attached hydrogen (secondary N) is 3. The van der Waals surface area contributed by atoms with E-state index in [1.165, 1.54) is 0 Å². The number of hydrogen-bond acceptors (Lipinski definition) is 3. The molecule has 0 saturated carbocycles. The molecule has 0 saturated heterocycles. The van der Waals surface area contributed by atoms with Crippen LogP contribution in [0.3, 0.4) is 0 Å². The monoisotopic (exact) mass is 272 g/mol. The van der Waals surface area contributed by atoms with Gasteiger partial charge < -0.3 is 10.6 Å². The van der Waals surface area contributed by atoms with E-state index in [-0.39, 0.29) is 6.04 Å². The Labute approximate surface area is 116 Å². The van der Waals surface area contributed by atoms with Gasteiger partial charge >= 0.3 is 11.8 Å². The van der Waals surface area contributed by atoms with Gasteiger partial charge in [0, 0.05) is 17.4 Å². The lowest BCUT2D eigenvalue weighted by atomic mass is 10.2. The Morgan fingerprint density at radius 2 is 1.90 bits per heavy atom. The highest BCUT2D eigenvalue weighted by molar-refractivity contribution is 6.39. The number of nitrogens with zero attached hydrogens (tertiary/aromatic N) is 1. The number of carbonyl (C=O) groups is 2. The van der Waals surface area contributed by atoms with E-state index in [2.05, 4.69) is 20.8 Å². The lowest BCUT2D eigenvalue weighted by Crippen LogP contribution is -2.36. The molecule has 1 aromatic carbocycles. The van der Waals surface area contributed by atoms with E-state index in [0.717, 1.165) is 11.1 Å². The number of carbonyl (C=O) groups excluding carboxylic acids is 2. The maximum atomic E-state index is 11.8. The Bertz CT molecular complexity index is 590. The molecule has 1 aromatic heterocycles. The number of rotatable bonds is 3. The molecule has 0 bridgehead atoms. The van der Waals surface area contributed by atoms with E-state index in [1.807, 2.05) is 19.1 Å². The van der Waals surface area contributed by atoms with Gasteiger partial charge in [0.05, 0.1) is 12.2 Å². The number of H-pyrrole nitrogens is 1. The first-order valence-corrected chi connectivity index (χ1v) is 6.23. The molecule has 0 spiro atoms. The van der Waals surface area contributed by atoms with Crippen LogP contribution in [-0.4, -0.2) is 22.0 Å². The van der Waals surface area contributed by atoms with Crippen LogP contribution < -0.4 is 10.6 Å². The molecule has 1 atom stereocenters. The second-order valence-electron chi connectivity index (χ2n) is 4.55. The Balaban J connectivity index is 1.92. The predicted molar refractivity (Wildman–Crippen MR) is 75.0 cm³/mol. The minimum atomic E-state index is -0.691. The summed E-state index contributed by atoms with van der Waals surface area (Å²) in [5.74, 6) is -1.37. The van der Waals surface area contributed by atoms with Crippen molar-refractivity contribution in [3.63, 3.8) is 0 Å². The zero-order chi connectivity index (χ0) is 14.5. The summed E-state index contributed by atoms with van der Waals surface area (Å²) in [7, 11) is 0. The van der Waals surface area contributed by atoms with Gasteiger partial charge in [0.1, 0.15) is 0 Å². The summed E-state index contributed by atoms with van der Waals surface area (Å²) in [6.07, 6.45) is 3.27. The standard InChI is InChI=1S/C14H16N4O2/c1-9-3-5-12(6-4-9)18-14(20)13(19)17-10(2)11-7-15-16-8-11/h3-8,10H,1-2H3,(H,15,16)(H,17,19)(H,18,20). The van der Waals surface area contributed by atoms with Crippen LogP contribution in [0.15, 0.2) is 36.7 Å². The van der Waals surface area contributed by atoms with Gasteiger partial charge in [-0.3, -0.25) is 14.7 Å². The molecule has 2 aromatic rings. The maximum absolute atomic E-state index is 11.8. The number of hydrogen-bond donors (Lipinski definition) is 3. The quantitative estimate of drug-likeness (QED) is 0.741. The lowest BCUT2D eigenvalue weighted by molar-refractivity contribution is -0.136. The molecule has 0 aliphatic heterocycles. The van der Waals surface area contributed by atoms with Crippen molar-refractivity contribution in [3.05, 3.63) is 47.8 Å². The van der Waals surface area contributed by atoms with Crippen molar-refractivity contribution >= 4 is 17.5 Å². The van der Waals surface area contributed by atoms with Gasteiger partial charge in [0.25, 0.3) is 0 Å². The van der Waals surface area contributed by atoms with Crippen molar-refractivity contribution < 1.29 is 9.59 Å². The van der Waals surface area contributed by atoms with E-state index in [9.17, 15) is 9.59 Å². The Hall–Kier alpha value is -2.63. The molecule has 1 heterocycles. The third kappa shape index (κ3) is 3.44. The summed E-state index contributed by atoms with van der Waals surface area (Å²) < 4.78 is 0. The predicted octanol–water partition coefficient (Wildman–Crippen LogP) is 1.53. The Kier molecular flexibility index (Phi) is 4.14. The van der Waals surface area contributed by atoms with E-state index in [0.29, 0.717) is 5.69 Å². The third-order valence-electron chi connectivity index (χ3n) is 2.88. The molecule has 104 valence electrons. The average molecular weight is 272 g/mol. The van der Waals surface area contributed by atoms with Gasteiger partial charge in [0.15, 0.2) is 0 Å². The second kappa shape index (κ2) is 6.01. The summed E-state index contributed by atoms with van der Waals surface area (Å²) in [4.78, 5) is 23.5. The van der Waals surface area contributed by atoms with Gasteiger partial charge in [0.2, 0.25) is 0 Å². The Morgan fingerprint density at radius 3 is 2.50 bits per heavy atom. The molecule has 2 amide bonds. The van der Waals surface area contributed by atoms with Gasteiger partial charge in [-0.15, -0.1) is 0 Å². The number of anilines is 1. The Morgan fingerprint density at radius 1 is 1.20 bits per heavy atom. The smallest absolute Gasteiger partial charge is 0.313 e. The van der Waals surface area contributed by atoms with Crippen molar-refractivity contribution in [2.75, 3.05) is 5.32 Å². The van der Waals surface area contributed by atoms with Gasteiger partial charge in [-0.1, -0.05) is 17.7 Å². The average Bonchev–Trinajstić information content (AvgIpc) is 2.95. The number of aryl methyl sites for hydroxylation is 1. The number of aromatic amines is 1. The summed E-state index contributed by atoms with van der Waals surface area (Å²) in [6, 6.07) is 6.94. The number of amides is 2. The zero-order valence-electron chi connectivity index (χ0n) is 11.3. The molecule has 0 fully saturated rings. The molecule has 3 N–H and O–H groups in total. The minimum Gasteiger partial charge on any atom is -0.341 e. The number of aromatic nitrogens is 2. The van der Waals surface area contributed by atoms with Crippen LogP contribution >= 0.6 is 0 Å². The second-order valence-corrected chi connectivity index (χ2v) is 4.55. The van der Waals surface area contributed by atoms with Crippen LogP contribution in [0.1, 0.15) is 24.1 Å². The number of benzene rings is 1. The van der Waals surface area contributed by atoms with Crippen molar-refractivity contribution in [1.29, 1.82) is 0 Å². The topological polar surface area (TPSA) is 86.9 Å². The fraction of sp³-hybridized carbons (Fsp3) is 0.214. The molecule has 6 heteroatoms. The summed E-state index contributed by atoms with van der Waals surface area (Å²) in [5, 5.41) is 11.6. The first kappa shape index (κ1) is 13.8. The largest absolute Gasteiger partial charge is 0.341 e. The SMILES string of the molecule is Cc1ccc(NC(=O)C(=O)NC(C)c2cn[nH]c2)cc1. The molecule has 0 aliphatic carbocycles. The van der Waals surface area contributed by atoms with Gasteiger partial charge in [-0.25, -0.2) is 0 Å². The van der Waals surface area contributed by atoms with E-state index < -0.39 is 11.8 Å². The molecular formula is C14H16N4O2. The first-order valence-electron chi connectivity index (χ1n) is 6.23. The molecule has 0 aliphatic rings. The van der Waals surface area contributed by atoms with Gasteiger partial charge in [-0.05, 0) is 26.0 Å². The molecule has 0 radical (unpaired) electrons. The van der Waals surface area contributed by atoms with E-state index >= 15 is 0 Å². The zero-order valence-corrected chi connectivity index (χ0v) is 11.3. The lowest BCUT2D eigenvalue weighted by Gasteiger charge is -2.11. The summed E-state index contributed by atoms with van der Waals surface area (Å²) in [6.45, 7) is 3.73. The van der Waals surface area contributed by atoms with Crippen molar-refractivity contribution in [2.24, 2.45) is 0 Å². The van der Waals surface area contributed by atoms with Crippen molar-refractivity contribution in [1.82, 2.24) is 15.5 Å².